The molecule has 1 N–H and O–H groups in total. The molecule has 6 nitrogen and oxygen atoms in total. The maximum atomic E-state index is 11.7. The molecule has 0 radical (unpaired) electrons. The topological polar surface area (TPSA) is 72.9 Å². The number of aliphatic hydroxyl groups is 1. The van der Waals surface area contributed by atoms with Crippen molar-refractivity contribution in [2.24, 2.45) is 7.05 Å². The number of hydrogen-bond acceptors (Lipinski definition) is 4. The molecule has 0 amide bonds. The van der Waals surface area contributed by atoms with Crippen LogP contribution in [0.2, 0.25) is 0 Å². The van der Waals surface area contributed by atoms with Gasteiger partial charge in [-0.05, 0) is 18.8 Å². The van der Waals surface area contributed by atoms with Gasteiger partial charge in [-0.25, -0.2) is 4.98 Å². The maximum absolute atomic E-state index is 11.7. The normalized spacial score (nSPS) is 16.6. The van der Waals surface area contributed by atoms with Crippen LogP contribution in [-0.4, -0.2) is 30.0 Å². The summed E-state index contributed by atoms with van der Waals surface area (Å²) < 4.78 is 2.71. The fraction of sp³-hybridized carbons (Fsp3) is 0.364. The third kappa shape index (κ3) is 1.61. The molecule has 86 valence electrons. The number of hydrogen-bond donors (Lipinski definition) is 1. The van der Waals surface area contributed by atoms with Crippen LogP contribution in [0.1, 0.15) is 12.8 Å². The molecule has 0 spiro atoms. The summed E-state index contributed by atoms with van der Waals surface area (Å²) in [5.41, 5.74) is -0.601. The molecule has 0 aliphatic heterocycles. The minimum Gasteiger partial charge on any atom is -0.378 e. The second kappa shape index (κ2) is 3.18. The van der Waals surface area contributed by atoms with Gasteiger partial charge in [-0.1, -0.05) is 0 Å². The predicted octanol–water partition coefficient (Wildman–Crippen LogP) is -0.536. The van der Waals surface area contributed by atoms with E-state index in [1.807, 2.05) is 0 Å². The zero-order valence-electron chi connectivity index (χ0n) is 9.21. The second-order valence-electron chi connectivity index (χ2n) is 4.22. The van der Waals surface area contributed by atoms with Crippen LogP contribution in [0.3, 0.4) is 0 Å². The van der Waals surface area contributed by atoms with Gasteiger partial charge in [-0.15, -0.1) is 0 Å². The van der Waals surface area contributed by atoms with Crippen molar-refractivity contribution in [2.45, 2.75) is 18.4 Å². The Morgan fingerprint density at radius 2 is 2.29 bits per heavy atom. The highest BCUT2D eigenvalue weighted by molar-refractivity contribution is 5.73. The minimum atomic E-state index is -0.863. The van der Waals surface area contributed by atoms with E-state index in [0.29, 0.717) is 23.9 Å². The quantitative estimate of drug-likeness (QED) is 0.617. The van der Waals surface area contributed by atoms with Gasteiger partial charge >= 0.3 is 0 Å². The molecule has 6 heteroatoms. The smallest absolute Gasteiger partial charge is 0.264 e. The Morgan fingerprint density at radius 1 is 1.53 bits per heavy atom. The first-order valence-electron chi connectivity index (χ1n) is 5.24. The van der Waals surface area contributed by atoms with E-state index in [1.54, 1.807) is 7.05 Å². The van der Waals surface area contributed by atoms with Crippen LogP contribution < -0.4 is 5.56 Å². The highest BCUT2D eigenvalue weighted by Crippen LogP contribution is 2.33. The maximum Gasteiger partial charge on any atom is 0.264 e. The highest BCUT2D eigenvalue weighted by Gasteiger charge is 2.38. The molecule has 0 unspecified atom stereocenters. The molecule has 0 bridgehead atoms. The number of fused-ring (bicyclic) bond motifs is 1. The Labute approximate surface area is 96.5 Å². The molecular weight excluding hydrogens is 220 g/mol. The van der Waals surface area contributed by atoms with Gasteiger partial charge in [0.15, 0.2) is 5.65 Å². The molecule has 0 atom stereocenters. The average molecular weight is 230 g/mol. The third-order valence-electron chi connectivity index (χ3n) is 2.77. The van der Waals surface area contributed by atoms with Crippen LogP contribution in [0.4, 0.5) is 0 Å². The standard InChI is InChI=1S/C11H10N4O2/c1-14-7-12-9-8(10(14)16)6-13-15(9)5-4-11(17)2-3-11/h6-7,17H,2-3H2,1H3. The van der Waals surface area contributed by atoms with Gasteiger partial charge in [0.05, 0.1) is 12.5 Å². The lowest BCUT2D eigenvalue weighted by Crippen LogP contribution is -2.16. The molecule has 2 heterocycles. The largest absolute Gasteiger partial charge is 0.378 e. The fourth-order valence-electron chi connectivity index (χ4n) is 1.48. The Balaban J connectivity index is 2.15. The van der Waals surface area contributed by atoms with Gasteiger partial charge in [0.1, 0.15) is 11.0 Å². The van der Waals surface area contributed by atoms with Crippen LogP contribution >= 0.6 is 0 Å². The number of aromatic nitrogens is 4. The van der Waals surface area contributed by atoms with E-state index in [-0.39, 0.29) is 5.56 Å². The van der Waals surface area contributed by atoms with Crippen molar-refractivity contribution in [3.05, 3.63) is 22.9 Å². The van der Waals surface area contributed by atoms with Crippen LogP contribution in [0.25, 0.3) is 11.0 Å². The number of nitrogens with zero attached hydrogens (tertiary/aromatic N) is 4. The van der Waals surface area contributed by atoms with E-state index in [9.17, 15) is 9.90 Å². The van der Waals surface area contributed by atoms with Gasteiger partial charge < -0.3 is 9.67 Å². The minimum absolute atomic E-state index is 0.159. The lowest BCUT2D eigenvalue weighted by atomic mass is 10.4. The average Bonchev–Trinajstić information content (AvgIpc) is 2.91. The van der Waals surface area contributed by atoms with E-state index in [4.69, 9.17) is 0 Å². The molecule has 0 aromatic carbocycles. The molecular formula is C11H10N4O2. The molecule has 1 aliphatic rings. The Bertz CT molecular complexity index is 712. The Kier molecular flexibility index (Phi) is 1.88. The summed E-state index contributed by atoms with van der Waals surface area (Å²) in [6, 6.07) is 2.71. The van der Waals surface area contributed by atoms with Crippen LogP contribution in [0.5, 0.6) is 0 Å². The van der Waals surface area contributed by atoms with Crippen molar-refractivity contribution >= 4 is 11.0 Å². The number of rotatable bonds is 0. The van der Waals surface area contributed by atoms with Gasteiger partial charge in [0, 0.05) is 13.1 Å². The van der Waals surface area contributed by atoms with Crippen molar-refractivity contribution in [1.29, 1.82) is 0 Å². The van der Waals surface area contributed by atoms with Crippen molar-refractivity contribution < 1.29 is 5.11 Å². The molecule has 2 aromatic heterocycles. The monoisotopic (exact) mass is 230 g/mol. The van der Waals surface area contributed by atoms with Crippen LogP contribution in [0.15, 0.2) is 17.3 Å². The summed E-state index contributed by atoms with van der Waals surface area (Å²) in [6.45, 7) is 0. The first kappa shape index (κ1) is 10.1. The Morgan fingerprint density at radius 3 is 3.00 bits per heavy atom. The van der Waals surface area contributed by atoms with Crippen molar-refractivity contribution in [2.75, 3.05) is 0 Å². The summed E-state index contributed by atoms with van der Waals surface area (Å²) in [5, 5.41) is 14.0. The van der Waals surface area contributed by atoms with Crippen molar-refractivity contribution in [3.63, 3.8) is 0 Å². The van der Waals surface area contributed by atoms with E-state index in [1.165, 1.54) is 21.8 Å². The predicted molar refractivity (Wildman–Crippen MR) is 60.1 cm³/mol. The summed E-state index contributed by atoms with van der Waals surface area (Å²) in [4.78, 5) is 15.8. The fourth-order valence-corrected chi connectivity index (χ4v) is 1.48. The molecule has 3 rings (SSSR count). The van der Waals surface area contributed by atoms with Crippen molar-refractivity contribution in [1.82, 2.24) is 19.3 Å². The van der Waals surface area contributed by atoms with E-state index < -0.39 is 5.60 Å². The van der Waals surface area contributed by atoms with E-state index in [2.05, 4.69) is 22.0 Å². The molecule has 1 aliphatic carbocycles. The van der Waals surface area contributed by atoms with Gasteiger partial charge in [0.25, 0.3) is 5.56 Å². The van der Waals surface area contributed by atoms with Crippen LogP contribution in [0, 0.1) is 12.0 Å². The zero-order chi connectivity index (χ0) is 12.0. The van der Waals surface area contributed by atoms with Crippen LogP contribution in [-0.2, 0) is 7.05 Å². The summed E-state index contributed by atoms with van der Waals surface area (Å²) in [6.07, 6.45) is 4.25. The number of aryl methyl sites for hydroxylation is 1. The van der Waals surface area contributed by atoms with Gasteiger partial charge in [-0.3, -0.25) is 4.79 Å². The molecule has 17 heavy (non-hydrogen) atoms. The third-order valence-corrected chi connectivity index (χ3v) is 2.77. The Hall–Kier alpha value is -2.13. The molecule has 2 aromatic rings. The SMILES string of the molecule is Cn1cnc2c(cnn2C#CC2(O)CC2)c1=O. The van der Waals surface area contributed by atoms with Gasteiger partial charge in [0.2, 0.25) is 0 Å². The highest BCUT2D eigenvalue weighted by atomic mass is 16.3. The molecule has 1 saturated carbocycles. The van der Waals surface area contributed by atoms with Gasteiger partial charge in [-0.2, -0.15) is 9.78 Å². The summed E-state index contributed by atoms with van der Waals surface area (Å²) in [5.74, 6) is 2.72. The van der Waals surface area contributed by atoms with E-state index >= 15 is 0 Å². The first-order valence-corrected chi connectivity index (χ1v) is 5.24. The zero-order valence-corrected chi connectivity index (χ0v) is 9.21. The molecule has 1 fully saturated rings. The lowest BCUT2D eigenvalue weighted by Gasteiger charge is -1.96. The molecule has 0 saturated heterocycles. The summed E-state index contributed by atoms with van der Waals surface area (Å²) >= 11 is 0. The second-order valence-corrected chi connectivity index (χ2v) is 4.22. The first-order chi connectivity index (χ1) is 8.09. The van der Waals surface area contributed by atoms with E-state index in [0.717, 1.165) is 0 Å². The summed E-state index contributed by atoms with van der Waals surface area (Å²) in [7, 11) is 1.63. The lowest BCUT2D eigenvalue weighted by molar-refractivity contribution is 0.212. The van der Waals surface area contributed by atoms with Crippen molar-refractivity contribution in [3.8, 4) is 12.0 Å².